The van der Waals surface area contributed by atoms with Crippen LogP contribution in [-0.2, 0) is 9.47 Å². The molecule has 0 radical (unpaired) electrons. The highest BCUT2D eigenvalue weighted by molar-refractivity contribution is 4.99. The van der Waals surface area contributed by atoms with E-state index in [1.165, 1.54) is 0 Å². The third-order valence-electron chi connectivity index (χ3n) is 1.90. The molecule has 2 heteroatoms. The highest BCUT2D eigenvalue weighted by Crippen LogP contribution is 2.31. The zero-order chi connectivity index (χ0) is 6.27. The molecule has 0 bridgehead atoms. The van der Waals surface area contributed by atoms with Crippen LogP contribution in [0.5, 0.6) is 0 Å². The third-order valence-corrected chi connectivity index (χ3v) is 1.90. The molecule has 0 aromatic heterocycles. The Bertz CT molecular complexity index is 128. The molecule has 50 valence electrons. The average Bonchev–Trinajstić information content (AvgIpc) is 2.22. The van der Waals surface area contributed by atoms with E-state index in [0.29, 0.717) is 12.2 Å². The molecule has 9 heavy (non-hydrogen) atoms. The second-order valence-corrected chi connectivity index (χ2v) is 2.60. The summed E-state index contributed by atoms with van der Waals surface area (Å²) in [5, 5.41) is 0. The lowest BCUT2D eigenvalue weighted by atomic mass is 10.2. The smallest absolute Gasteiger partial charge is 0.127 e. The van der Waals surface area contributed by atoms with Crippen molar-refractivity contribution in [2.75, 3.05) is 6.61 Å². The van der Waals surface area contributed by atoms with Crippen LogP contribution in [0.25, 0.3) is 0 Å². The molecule has 2 atom stereocenters. The molecule has 2 heterocycles. The summed E-state index contributed by atoms with van der Waals surface area (Å²) in [7, 11) is 0. The Balaban J connectivity index is 2.09. The van der Waals surface area contributed by atoms with E-state index in [-0.39, 0.29) is 0 Å². The molecular formula is C7H10O2. The van der Waals surface area contributed by atoms with Crippen LogP contribution in [-0.4, -0.2) is 18.8 Å². The minimum absolute atomic E-state index is 0.331. The molecule has 2 aliphatic heterocycles. The van der Waals surface area contributed by atoms with E-state index in [1.54, 1.807) is 0 Å². The summed E-state index contributed by atoms with van der Waals surface area (Å²) in [6.45, 7) is 4.60. The third kappa shape index (κ3) is 0.741. The van der Waals surface area contributed by atoms with Gasteiger partial charge in [-0.1, -0.05) is 6.58 Å². The fourth-order valence-electron chi connectivity index (χ4n) is 1.44. The number of hydrogen-bond donors (Lipinski definition) is 0. The molecule has 0 aliphatic carbocycles. The van der Waals surface area contributed by atoms with Crippen LogP contribution in [0, 0.1) is 0 Å². The number of ether oxygens (including phenoxy) is 2. The molecule has 0 aromatic carbocycles. The quantitative estimate of drug-likeness (QED) is 0.483. The van der Waals surface area contributed by atoms with Crippen molar-refractivity contribution >= 4 is 0 Å². The van der Waals surface area contributed by atoms with Gasteiger partial charge in [-0.2, -0.15) is 0 Å². The molecular weight excluding hydrogens is 116 g/mol. The van der Waals surface area contributed by atoms with E-state index in [9.17, 15) is 0 Å². The molecule has 0 aromatic rings. The normalized spacial score (nSPS) is 40.7. The van der Waals surface area contributed by atoms with Gasteiger partial charge in [-0.05, 0) is 0 Å². The van der Waals surface area contributed by atoms with Gasteiger partial charge in [0.15, 0.2) is 0 Å². The van der Waals surface area contributed by atoms with Gasteiger partial charge in [0.2, 0.25) is 0 Å². The first-order chi connectivity index (χ1) is 4.36. The Morgan fingerprint density at radius 1 is 1.44 bits per heavy atom. The van der Waals surface area contributed by atoms with Crippen molar-refractivity contribution in [1.29, 1.82) is 0 Å². The fraction of sp³-hybridized carbons (Fsp3) is 0.714. The van der Waals surface area contributed by atoms with Gasteiger partial charge in [0.1, 0.15) is 12.2 Å². The summed E-state index contributed by atoms with van der Waals surface area (Å²) in [5.41, 5.74) is 0. The molecule has 0 spiro atoms. The van der Waals surface area contributed by atoms with E-state index < -0.39 is 0 Å². The van der Waals surface area contributed by atoms with E-state index in [4.69, 9.17) is 9.47 Å². The summed E-state index contributed by atoms with van der Waals surface area (Å²) in [6, 6.07) is 0. The number of rotatable bonds is 0. The highest BCUT2D eigenvalue weighted by Gasteiger charge is 2.36. The van der Waals surface area contributed by atoms with Gasteiger partial charge in [0, 0.05) is 12.8 Å². The summed E-state index contributed by atoms with van der Waals surface area (Å²) in [6.07, 6.45) is 2.61. The molecule has 2 saturated heterocycles. The zero-order valence-electron chi connectivity index (χ0n) is 5.30. The molecule has 2 aliphatic rings. The molecule has 2 unspecified atom stereocenters. The van der Waals surface area contributed by atoms with Crippen molar-refractivity contribution in [2.24, 2.45) is 0 Å². The fourth-order valence-corrected chi connectivity index (χ4v) is 1.44. The number of hydrogen-bond acceptors (Lipinski definition) is 2. The predicted octanol–water partition coefficient (Wildman–Crippen LogP) is 1.08. The maximum atomic E-state index is 5.37. The molecule has 0 amide bonds. The van der Waals surface area contributed by atoms with Crippen LogP contribution >= 0.6 is 0 Å². The second-order valence-electron chi connectivity index (χ2n) is 2.60. The van der Waals surface area contributed by atoms with Crippen molar-refractivity contribution in [3.8, 4) is 0 Å². The number of fused-ring (bicyclic) bond motifs is 1. The van der Waals surface area contributed by atoms with Crippen LogP contribution < -0.4 is 0 Å². The molecule has 0 saturated carbocycles. The largest absolute Gasteiger partial charge is 0.492 e. The predicted molar refractivity (Wildman–Crippen MR) is 33.0 cm³/mol. The molecule has 2 fully saturated rings. The lowest BCUT2D eigenvalue weighted by Crippen LogP contribution is -2.13. The minimum atomic E-state index is 0.331. The van der Waals surface area contributed by atoms with Crippen molar-refractivity contribution in [2.45, 2.75) is 25.0 Å². The van der Waals surface area contributed by atoms with Crippen LogP contribution in [0.2, 0.25) is 0 Å². The van der Waals surface area contributed by atoms with Crippen LogP contribution in [0.4, 0.5) is 0 Å². The first-order valence-electron chi connectivity index (χ1n) is 3.32. The van der Waals surface area contributed by atoms with Gasteiger partial charge in [-0.3, -0.25) is 0 Å². The molecule has 0 N–H and O–H groups in total. The van der Waals surface area contributed by atoms with Crippen LogP contribution in [0.15, 0.2) is 12.3 Å². The Hall–Kier alpha value is -0.500. The maximum Gasteiger partial charge on any atom is 0.127 e. The van der Waals surface area contributed by atoms with E-state index in [1.807, 2.05) is 0 Å². The van der Waals surface area contributed by atoms with Gasteiger partial charge >= 0.3 is 0 Å². The maximum absolute atomic E-state index is 5.37. The van der Waals surface area contributed by atoms with Crippen molar-refractivity contribution < 1.29 is 9.47 Å². The van der Waals surface area contributed by atoms with E-state index in [2.05, 4.69) is 6.58 Å². The Kier molecular flexibility index (Phi) is 1.02. The Morgan fingerprint density at radius 2 is 2.33 bits per heavy atom. The molecule has 2 nitrogen and oxygen atoms in total. The van der Waals surface area contributed by atoms with E-state index >= 15 is 0 Å². The summed E-state index contributed by atoms with van der Waals surface area (Å²) in [4.78, 5) is 0. The first-order valence-corrected chi connectivity index (χ1v) is 3.32. The highest BCUT2D eigenvalue weighted by atomic mass is 16.6. The lowest BCUT2D eigenvalue weighted by Gasteiger charge is -2.03. The first kappa shape index (κ1) is 5.30. The van der Waals surface area contributed by atoms with Gasteiger partial charge in [0.05, 0.1) is 12.4 Å². The van der Waals surface area contributed by atoms with Gasteiger partial charge in [0.25, 0.3) is 0 Å². The van der Waals surface area contributed by atoms with Crippen LogP contribution in [0.1, 0.15) is 12.8 Å². The summed E-state index contributed by atoms with van der Waals surface area (Å²) in [5.74, 6) is 0.893. The molecule has 2 rings (SSSR count). The summed E-state index contributed by atoms with van der Waals surface area (Å²) < 4.78 is 10.7. The topological polar surface area (TPSA) is 18.5 Å². The van der Waals surface area contributed by atoms with Crippen molar-refractivity contribution in [1.82, 2.24) is 0 Å². The van der Waals surface area contributed by atoms with E-state index in [0.717, 1.165) is 25.2 Å². The second kappa shape index (κ2) is 1.74. The van der Waals surface area contributed by atoms with Gasteiger partial charge in [-0.25, -0.2) is 0 Å². The SMILES string of the molecule is C=C1CC2OCCC2O1. The zero-order valence-corrected chi connectivity index (χ0v) is 5.30. The van der Waals surface area contributed by atoms with Crippen molar-refractivity contribution in [3.63, 3.8) is 0 Å². The van der Waals surface area contributed by atoms with Gasteiger partial charge in [-0.15, -0.1) is 0 Å². The Morgan fingerprint density at radius 3 is 3.11 bits per heavy atom. The summed E-state index contributed by atoms with van der Waals surface area (Å²) >= 11 is 0. The Labute approximate surface area is 54.5 Å². The monoisotopic (exact) mass is 126 g/mol. The minimum Gasteiger partial charge on any atom is -0.492 e. The van der Waals surface area contributed by atoms with Crippen LogP contribution in [0.3, 0.4) is 0 Å². The lowest BCUT2D eigenvalue weighted by molar-refractivity contribution is 0.0828. The van der Waals surface area contributed by atoms with Gasteiger partial charge < -0.3 is 9.47 Å². The average molecular weight is 126 g/mol. The van der Waals surface area contributed by atoms with Crippen molar-refractivity contribution in [3.05, 3.63) is 12.3 Å². The standard InChI is InChI=1S/C7H10O2/c1-5-4-7-6(9-5)2-3-8-7/h6-7H,1-4H2.